The molecule has 0 N–H and O–H groups in total. The average Bonchev–Trinajstić information content (AvgIpc) is 2.40. The third-order valence-electron chi connectivity index (χ3n) is 3.38. The van der Waals surface area contributed by atoms with E-state index in [1.807, 2.05) is 12.3 Å². The highest BCUT2D eigenvalue weighted by Gasteiger charge is 2.27. The topological polar surface area (TPSA) is 51.0 Å². The van der Waals surface area contributed by atoms with E-state index < -0.39 is 0 Å². The van der Waals surface area contributed by atoms with Crippen LogP contribution in [0, 0.1) is 5.92 Å². The van der Waals surface area contributed by atoms with Crippen LogP contribution in [0.5, 0.6) is 0 Å². The molecule has 0 aromatic carbocycles. The fraction of sp³-hybridized carbons (Fsp3) is 0.357. The van der Waals surface area contributed by atoms with E-state index in [4.69, 9.17) is 0 Å². The van der Waals surface area contributed by atoms with Gasteiger partial charge < -0.3 is 0 Å². The molecule has 2 aromatic rings. The van der Waals surface area contributed by atoms with Gasteiger partial charge in [0.05, 0.1) is 6.54 Å². The van der Waals surface area contributed by atoms with Gasteiger partial charge in [-0.3, -0.25) is 14.7 Å². The van der Waals surface area contributed by atoms with E-state index in [-0.39, 0.29) is 5.56 Å². The van der Waals surface area contributed by atoms with E-state index in [0.29, 0.717) is 12.5 Å². The monoisotopic (exact) mass is 256 g/mol. The van der Waals surface area contributed by atoms with Crippen molar-refractivity contribution in [2.45, 2.75) is 13.1 Å². The van der Waals surface area contributed by atoms with E-state index in [1.165, 1.54) is 5.56 Å². The molecular weight excluding hydrogens is 240 g/mol. The van der Waals surface area contributed by atoms with Gasteiger partial charge >= 0.3 is 0 Å². The summed E-state index contributed by atoms with van der Waals surface area (Å²) >= 11 is 0. The van der Waals surface area contributed by atoms with Crippen LogP contribution >= 0.6 is 0 Å². The minimum absolute atomic E-state index is 0.0202. The molecule has 0 unspecified atom stereocenters. The van der Waals surface area contributed by atoms with Crippen LogP contribution in [-0.2, 0) is 13.1 Å². The molecule has 1 fully saturated rings. The Kier molecular flexibility index (Phi) is 3.37. The molecule has 0 radical (unpaired) electrons. The maximum Gasteiger partial charge on any atom is 0.266 e. The summed E-state index contributed by atoms with van der Waals surface area (Å²) in [5, 5.41) is 4.08. The number of likely N-dealkylation sites (tertiary alicyclic amines) is 1. The van der Waals surface area contributed by atoms with E-state index in [2.05, 4.69) is 21.0 Å². The van der Waals surface area contributed by atoms with Crippen LogP contribution in [0.3, 0.4) is 0 Å². The molecular formula is C14H16N4O. The van der Waals surface area contributed by atoms with Crippen molar-refractivity contribution in [3.8, 4) is 0 Å². The minimum Gasteiger partial charge on any atom is -0.298 e. The van der Waals surface area contributed by atoms with Crippen LogP contribution in [0.15, 0.2) is 47.7 Å². The Bertz CT molecular complexity index is 590. The summed E-state index contributed by atoms with van der Waals surface area (Å²) in [7, 11) is 0. The van der Waals surface area contributed by atoms with Gasteiger partial charge in [-0.2, -0.15) is 5.10 Å². The molecule has 0 atom stereocenters. The molecule has 0 saturated carbocycles. The number of nitrogens with zero attached hydrogens (tertiary/aromatic N) is 4. The van der Waals surface area contributed by atoms with Gasteiger partial charge in [-0.25, -0.2) is 4.68 Å². The normalized spacial score (nSPS) is 16.2. The fourth-order valence-electron chi connectivity index (χ4n) is 2.44. The van der Waals surface area contributed by atoms with Crippen LogP contribution in [0.4, 0.5) is 0 Å². The second kappa shape index (κ2) is 5.32. The first-order valence-electron chi connectivity index (χ1n) is 6.44. The lowest BCUT2D eigenvalue weighted by molar-refractivity contribution is 0.0765. The Morgan fingerprint density at radius 1 is 1.21 bits per heavy atom. The van der Waals surface area contributed by atoms with Crippen molar-refractivity contribution in [1.29, 1.82) is 0 Å². The first-order chi connectivity index (χ1) is 9.31. The van der Waals surface area contributed by atoms with E-state index >= 15 is 0 Å². The Balaban J connectivity index is 1.51. The Morgan fingerprint density at radius 2 is 2.05 bits per heavy atom. The molecule has 19 heavy (non-hydrogen) atoms. The lowest BCUT2D eigenvalue weighted by Gasteiger charge is -2.39. The third-order valence-corrected chi connectivity index (χ3v) is 3.38. The standard InChI is InChI=1S/C14H16N4O/c19-14-4-2-6-16-18(14)11-13-9-17(10-13)8-12-3-1-5-15-7-12/h1-7,13H,8-11H2. The van der Waals surface area contributed by atoms with E-state index in [0.717, 1.165) is 19.6 Å². The Labute approximate surface area is 111 Å². The van der Waals surface area contributed by atoms with Gasteiger partial charge in [-0.05, 0) is 17.7 Å². The van der Waals surface area contributed by atoms with Gasteiger partial charge in [0, 0.05) is 50.2 Å². The van der Waals surface area contributed by atoms with Crippen molar-refractivity contribution in [2.24, 2.45) is 5.92 Å². The number of rotatable bonds is 4. The number of hydrogen-bond donors (Lipinski definition) is 0. The minimum atomic E-state index is -0.0202. The maximum atomic E-state index is 11.5. The van der Waals surface area contributed by atoms with Crippen molar-refractivity contribution < 1.29 is 0 Å². The quantitative estimate of drug-likeness (QED) is 0.811. The molecule has 0 spiro atoms. The molecule has 5 nitrogen and oxygen atoms in total. The first kappa shape index (κ1) is 12.0. The molecule has 1 saturated heterocycles. The number of pyridine rings is 1. The van der Waals surface area contributed by atoms with Crippen molar-refractivity contribution >= 4 is 0 Å². The maximum absolute atomic E-state index is 11.5. The molecule has 3 rings (SSSR count). The summed E-state index contributed by atoms with van der Waals surface area (Å²) in [5.74, 6) is 0.518. The van der Waals surface area contributed by atoms with Gasteiger partial charge in [-0.1, -0.05) is 6.07 Å². The van der Waals surface area contributed by atoms with Crippen LogP contribution in [0.2, 0.25) is 0 Å². The van der Waals surface area contributed by atoms with Gasteiger partial charge in [0.1, 0.15) is 0 Å². The predicted octanol–water partition coefficient (Wildman–Crippen LogP) is 0.770. The molecule has 0 bridgehead atoms. The molecule has 2 aromatic heterocycles. The lowest BCUT2D eigenvalue weighted by Crippen LogP contribution is -2.48. The molecule has 1 aliphatic rings. The van der Waals surface area contributed by atoms with E-state index in [9.17, 15) is 4.79 Å². The molecule has 5 heteroatoms. The van der Waals surface area contributed by atoms with Crippen LogP contribution in [-0.4, -0.2) is 32.8 Å². The lowest BCUT2D eigenvalue weighted by atomic mass is 9.99. The number of hydrogen-bond acceptors (Lipinski definition) is 4. The van der Waals surface area contributed by atoms with Crippen LogP contribution in [0.1, 0.15) is 5.56 Å². The largest absolute Gasteiger partial charge is 0.298 e. The van der Waals surface area contributed by atoms with Gasteiger partial charge in [-0.15, -0.1) is 0 Å². The second-order valence-corrected chi connectivity index (χ2v) is 4.97. The molecule has 3 heterocycles. The summed E-state index contributed by atoms with van der Waals surface area (Å²) in [4.78, 5) is 18.0. The molecule has 98 valence electrons. The number of aromatic nitrogens is 3. The summed E-state index contributed by atoms with van der Waals surface area (Å²) < 4.78 is 1.55. The summed E-state index contributed by atoms with van der Waals surface area (Å²) in [5.41, 5.74) is 1.21. The van der Waals surface area contributed by atoms with Crippen molar-refractivity contribution in [1.82, 2.24) is 19.7 Å². The Hall–Kier alpha value is -2.01. The van der Waals surface area contributed by atoms with Crippen LogP contribution in [0.25, 0.3) is 0 Å². The predicted molar refractivity (Wildman–Crippen MR) is 71.5 cm³/mol. The third kappa shape index (κ3) is 2.88. The van der Waals surface area contributed by atoms with Crippen LogP contribution < -0.4 is 5.56 Å². The zero-order valence-electron chi connectivity index (χ0n) is 10.6. The van der Waals surface area contributed by atoms with E-state index in [1.54, 1.807) is 29.2 Å². The highest BCUT2D eigenvalue weighted by Crippen LogP contribution is 2.19. The fourth-order valence-corrected chi connectivity index (χ4v) is 2.44. The molecule has 0 aliphatic carbocycles. The van der Waals surface area contributed by atoms with Crippen molar-refractivity contribution in [3.05, 3.63) is 58.8 Å². The van der Waals surface area contributed by atoms with Gasteiger partial charge in [0.2, 0.25) is 0 Å². The van der Waals surface area contributed by atoms with Gasteiger partial charge in [0.25, 0.3) is 5.56 Å². The highest BCUT2D eigenvalue weighted by molar-refractivity contribution is 5.08. The smallest absolute Gasteiger partial charge is 0.266 e. The zero-order chi connectivity index (χ0) is 13.1. The van der Waals surface area contributed by atoms with Gasteiger partial charge in [0.15, 0.2) is 0 Å². The summed E-state index contributed by atoms with van der Waals surface area (Å²) in [6.07, 6.45) is 5.35. The highest BCUT2D eigenvalue weighted by atomic mass is 16.1. The first-order valence-corrected chi connectivity index (χ1v) is 6.44. The average molecular weight is 256 g/mol. The summed E-state index contributed by atoms with van der Waals surface area (Å²) in [6.45, 7) is 3.67. The zero-order valence-corrected chi connectivity index (χ0v) is 10.6. The van der Waals surface area contributed by atoms with Crippen molar-refractivity contribution in [2.75, 3.05) is 13.1 Å². The molecule has 1 aliphatic heterocycles. The molecule has 0 amide bonds. The second-order valence-electron chi connectivity index (χ2n) is 4.97. The SMILES string of the molecule is O=c1cccnn1CC1CN(Cc2cccnc2)C1. The Morgan fingerprint density at radius 3 is 2.79 bits per heavy atom. The van der Waals surface area contributed by atoms with Crippen molar-refractivity contribution in [3.63, 3.8) is 0 Å². The summed E-state index contributed by atoms with van der Waals surface area (Å²) in [6, 6.07) is 7.27.